The molecule has 0 spiro atoms. The van der Waals surface area contributed by atoms with Gasteiger partial charge in [-0.3, -0.25) is 0 Å². The van der Waals surface area contributed by atoms with Crippen molar-refractivity contribution in [2.75, 3.05) is 12.9 Å². The van der Waals surface area contributed by atoms with Crippen LogP contribution in [0, 0.1) is 0 Å². The van der Waals surface area contributed by atoms with Crippen LogP contribution in [-0.2, 0) is 14.6 Å². The minimum atomic E-state index is -3.28. The van der Waals surface area contributed by atoms with Crippen molar-refractivity contribution in [2.24, 2.45) is 0 Å². The number of fused-ring (bicyclic) bond motifs is 1. The molecule has 0 atom stereocenters. The molecule has 19 heavy (non-hydrogen) atoms. The average molecular weight is 283 g/mol. The number of sulfone groups is 1. The maximum absolute atomic E-state index is 11.8. The van der Waals surface area contributed by atoms with Crippen molar-refractivity contribution in [3.05, 3.63) is 18.0 Å². The molecule has 0 aliphatic rings. The van der Waals surface area contributed by atoms with Crippen LogP contribution in [0.25, 0.3) is 11.2 Å². The van der Waals surface area contributed by atoms with E-state index in [1.807, 2.05) is 6.92 Å². The van der Waals surface area contributed by atoms with Gasteiger partial charge in [0.15, 0.2) is 15.5 Å². The van der Waals surface area contributed by atoms with E-state index < -0.39 is 14.6 Å². The maximum Gasteiger partial charge on any atom is 0.215 e. The lowest BCUT2D eigenvalue weighted by Gasteiger charge is -2.19. The predicted molar refractivity (Wildman–Crippen MR) is 72.9 cm³/mol. The van der Waals surface area contributed by atoms with Gasteiger partial charge in [-0.1, -0.05) is 0 Å². The Hall–Kier alpha value is -1.63. The number of ether oxygens (including phenoxy) is 1. The molecular weight excluding hydrogens is 266 g/mol. The third-order valence-corrected chi connectivity index (χ3v) is 5.16. The Morgan fingerprint density at radius 1 is 1.32 bits per heavy atom. The van der Waals surface area contributed by atoms with Crippen molar-refractivity contribution < 1.29 is 13.2 Å². The molecule has 0 radical (unpaired) electrons. The second kappa shape index (κ2) is 4.48. The SMILES string of the molecule is CCOc1ccc2[nH]c(C(C)(C)S(C)(=O)=O)nc2n1. The summed E-state index contributed by atoms with van der Waals surface area (Å²) in [5.41, 5.74) is 1.15. The fourth-order valence-electron chi connectivity index (χ4n) is 1.56. The summed E-state index contributed by atoms with van der Waals surface area (Å²) < 4.78 is 27.8. The van der Waals surface area contributed by atoms with Crippen LogP contribution in [0.15, 0.2) is 12.1 Å². The van der Waals surface area contributed by atoms with Gasteiger partial charge >= 0.3 is 0 Å². The minimum absolute atomic E-state index is 0.381. The number of H-pyrrole nitrogens is 1. The lowest BCUT2D eigenvalue weighted by Crippen LogP contribution is -2.29. The lowest BCUT2D eigenvalue weighted by molar-refractivity contribution is 0.328. The highest BCUT2D eigenvalue weighted by molar-refractivity contribution is 7.91. The number of rotatable bonds is 4. The Morgan fingerprint density at radius 2 is 2.00 bits per heavy atom. The molecule has 0 saturated heterocycles. The van der Waals surface area contributed by atoms with E-state index >= 15 is 0 Å². The molecule has 0 amide bonds. The van der Waals surface area contributed by atoms with E-state index in [-0.39, 0.29) is 0 Å². The van der Waals surface area contributed by atoms with Crippen molar-refractivity contribution in [3.8, 4) is 5.88 Å². The molecule has 2 aromatic heterocycles. The summed E-state index contributed by atoms with van der Waals surface area (Å²) in [6.07, 6.45) is 1.19. The first-order valence-corrected chi connectivity index (χ1v) is 7.84. The van der Waals surface area contributed by atoms with Crippen LogP contribution in [0.5, 0.6) is 5.88 Å². The van der Waals surface area contributed by atoms with Gasteiger partial charge in [0.05, 0.1) is 12.1 Å². The molecule has 1 N–H and O–H groups in total. The van der Waals surface area contributed by atoms with Gasteiger partial charge in [-0.15, -0.1) is 0 Å². The Balaban J connectivity index is 2.53. The van der Waals surface area contributed by atoms with Gasteiger partial charge in [0.25, 0.3) is 0 Å². The van der Waals surface area contributed by atoms with Gasteiger partial charge < -0.3 is 9.72 Å². The molecule has 0 unspecified atom stereocenters. The van der Waals surface area contributed by atoms with E-state index in [1.54, 1.807) is 26.0 Å². The van der Waals surface area contributed by atoms with E-state index in [0.29, 0.717) is 29.5 Å². The Kier molecular flexibility index (Phi) is 3.25. The molecular formula is C12H17N3O3S. The van der Waals surface area contributed by atoms with Crippen LogP contribution in [-0.4, -0.2) is 36.2 Å². The summed E-state index contributed by atoms with van der Waals surface area (Å²) in [7, 11) is -3.28. The first kappa shape index (κ1) is 13.8. The minimum Gasteiger partial charge on any atom is -0.478 e. The summed E-state index contributed by atoms with van der Waals surface area (Å²) in [6.45, 7) is 5.62. The zero-order valence-electron chi connectivity index (χ0n) is 11.4. The number of aromatic nitrogens is 3. The Labute approximate surface area is 112 Å². The molecule has 0 saturated carbocycles. The Bertz CT molecular complexity index is 704. The molecule has 104 valence electrons. The second-order valence-corrected chi connectivity index (χ2v) is 7.39. The highest BCUT2D eigenvalue weighted by atomic mass is 32.2. The number of pyridine rings is 1. The molecule has 0 aliphatic heterocycles. The first-order valence-electron chi connectivity index (χ1n) is 5.95. The normalized spacial score (nSPS) is 12.8. The van der Waals surface area contributed by atoms with Gasteiger partial charge in [0.2, 0.25) is 5.88 Å². The monoisotopic (exact) mass is 283 g/mol. The number of nitrogens with one attached hydrogen (secondary N) is 1. The molecule has 2 heterocycles. The first-order chi connectivity index (χ1) is 8.75. The molecule has 0 aliphatic carbocycles. The van der Waals surface area contributed by atoms with Crippen molar-refractivity contribution in [2.45, 2.75) is 25.5 Å². The summed E-state index contributed by atoms with van der Waals surface area (Å²) in [6, 6.07) is 3.50. The predicted octanol–water partition coefficient (Wildman–Crippen LogP) is 1.64. The van der Waals surface area contributed by atoms with Crippen molar-refractivity contribution in [1.29, 1.82) is 0 Å². The average Bonchev–Trinajstić information content (AvgIpc) is 2.71. The highest BCUT2D eigenvalue weighted by Gasteiger charge is 2.35. The summed E-state index contributed by atoms with van der Waals surface area (Å²) in [4.78, 5) is 11.5. The van der Waals surface area contributed by atoms with Gasteiger partial charge in [-0.05, 0) is 26.8 Å². The largest absolute Gasteiger partial charge is 0.478 e. The van der Waals surface area contributed by atoms with E-state index in [4.69, 9.17) is 4.74 Å². The van der Waals surface area contributed by atoms with Crippen molar-refractivity contribution in [1.82, 2.24) is 15.0 Å². The van der Waals surface area contributed by atoms with Crippen molar-refractivity contribution >= 4 is 21.0 Å². The standard InChI is InChI=1S/C12H17N3O3S/c1-5-18-9-7-6-8-10(14-9)15-11(13-8)12(2,3)19(4,16)17/h6-7H,5H2,1-4H3,(H,13,14,15). The van der Waals surface area contributed by atoms with Crippen LogP contribution in [0.3, 0.4) is 0 Å². The topological polar surface area (TPSA) is 84.9 Å². The molecule has 2 aromatic rings. The fraction of sp³-hybridized carbons (Fsp3) is 0.500. The van der Waals surface area contributed by atoms with Crippen LogP contribution in [0.4, 0.5) is 0 Å². The van der Waals surface area contributed by atoms with E-state index in [1.165, 1.54) is 6.26 Å². The van der Waals surface area contributed by atoms with Gasteiger partial charge in [0.1, 0.15) is 10.6 Å². The second-order valence-electron chi connectivity index (χ2n) is 4.82. The smallest absolute Gasteiger partial charge is 0.215 e. The third-order valence-electron chi connectivity index (χ3n) is 3.11. The molecule has 0 fully saturated rings. The molecule has 2 rings (SSSR count). The van der Waals surface area contributed by atoms with E-state index in [9.17, 15) is 8.42 Å². The zero-order valence-corrected chi connectivity index (χ0v) is 12.2. The van der Waals surface area contributed by atoms with Gasteiger partial charge in [0, 0.05) is 12.3 Å². The van der Waals surface area contributed by atoms with Gasteiger partial charge in [-0.2, -0.15) is 4.98 Å². The molecule has 0 aromatic carbocycles. The zero-order chi connectivity index (χ0) is 14.3. The number of hydrogen-bond donors (Lipinski definition) is 1. The Morgan fingerprint density at radius 3 is 2.58 bits per heavy atom. The quantitative estimate of drug-likeness (QED) is 0.922. The third kappa shape index (κ3) is 2.42. The molecule has 6 nitrogen and oxygen atoms in total. The van der Waals surface area contributed by atoms with Crippen LogP contribution >= 0.6 is 0 Å². The van der Waals surface area contributed by atoms with Crippen LogP contribution < -0.4 is 4.74 Å². The number of hydrogen-bond acceptors (Lipinski definition) is 5. The highest BCUT2D eigenvalue weighted by Crippen LogP contribution is 2.28. The lowest BCUT2D eigenvalue weighted by atomic mass is 10.2. The number of aromatic amines is 1. The number of imidazole rings is 1. The summed E-state index contributed by atoms with van der Waals surface area (Å²) in [5, 5.41) is 0. The molecule has 7 heteroatoms. The van der Waals surface area contributed by atoms with E-state index in [0.717, 1.165) is 0 Å². The van der Waals surface area contributed by atoms with E-state index in [2.05, 4.69) is 15.0 Å². The molecule has 0 bridgehead atoms. The maximum atomic E-state index is 11.8. The fourth-order valence-corrected chi connectivity index (χ4v) is 2.01. The number of nitrogens with zero attached hydrogens (tertiary/aromatic N) is 2. The van der Waals surface area contributed by atoms with Crippen LogP contribution in [0.2, 0.25) is 0 Å². The summed E-state index contributed by atoms with van der Waals surface area (Å²) in [5.74, 6) is 0.858. The van der Waals surface area contributed by atoms with Gasteiger partial charge in [-0.25, -0.2) is 13.4 Å². The summed E-state index contributed by atoms with van der Waals surface area (Å²) >= 11 is 0. The van der Waals surface area contributed by atoms with Crippen molar-refractivity contribution in [3.63, 3.8) is 0 Å². The van der Waals surface area contributed by atoms with Crippen LogP contribution in [0.1, 0.15) is 26.6 Å².